The van der Waals surface area contributed by atoms with Gasteiger partial charge in [-0.1, -0.05) is 5.92 Å². The molecule has 1 rings (SSSR count). The first-order chi connectivity index (χ1) is 6.66. The molecule has 1 N–H and O–H groups in total. The molecule has 1 heterocycles. The Morgan fingerprint density at radius 2 is 2.29 bits per heavy atom. The standard InChI is InChI=1S/C9H9N3O2/c1-3-6-12(2)8-7(9(13)14)10-4-5-11-8/h1,4-5H,6H2,2H3,(H,13,14). The molecule has 5 nitrogen and oxygen atoms in total. The maximum atomic E-state index is 10.7. The molecule has 0 aliphatic heterocycles. The van der Waals surface area contributed by atoms with E-state index in [1.165, 1.54) is 12.4 Å². The molecule has 0 bridgehead atoms. The fourth-order valence-corrected chi connectivity index (χ4v) is 0.973. The topological polar surface area (TPSA) is 66.3 Å². The van der Waals surface area contributed by atoms with Crippen LogP contribution in [0.25, 0.3) is 0 Å². The smallest absolute Gasteiger partial charge is 0.358 e. The minimum Gasteiger partial charge on any atom is -0.476 e. The van der Waals surface area contributed by atoms with Gasteiger partial charge in [-0.15, -0.1) is 6.42 Å². The number of aromatic nitrogens is 2. The summed E-state index contributed by atoms with van der Waals surface area (Å²) in [6, 6.07) is 0. The average molecular weight is 191 g/mol. The summed E-state index contributed by atoms with van der Waals surface area (Å²) in [6.45, 7) is 0.291. The molecule has 0 radical (unpaired) electrons. The molecule has 72 valence electrons. The monoisotopic (exact) mass is 191 g/mol. The molecule has 14 heavy (non-hydrogen) atoms. The Morgan fingerprint density at radius 3 is 2.86 bits per heavy atom. The largest absolute Gasteiger partial charge is 0.476 e. The zero-order valence-electron chi connectivity index (χ0n) is 7.64. The number of rotatable bonds is 3. The number of carbonyl (C=O) groups is 1. The van der Waals surface area contributed by atoms with Crippen LogP contribution in [-0.4, -0.2) is 34.6 Å². The van der Waals surface area contributed by atoms with E-state index in [4.69, 9.17) is 11.5 Å². The summed E-state index contributed by atoms with van der Waals surface area (Å²) in [6.07, 6.45) is 7.86. The maximum Gasteiger partial charge on any atom is 0.358 e. The lowest BCUT2D eigenvalue weighted by atomic mass is 10.4. The summed E-state index contributed by atoms with van der Waals surface area (Å²) in [4.78, 5) is 19.9. The quantitative estimate of drug-likeness (QED) is 0.693. The van der Waals surface area contributed by atoms with Gasteiger partial charge in [0.1, 0.15) is 0 Å². The maximum absolute atomic E-state index is 10.7. The van der Waals surface area contributed by atoms with Crippen molar-refractivity contribution in [3.63, 3.8) is 0 Å². The second kappa shape index (κ2) is 4.23. The lowest BCUT2D eigenvalue weighted by Gasteiger charge is -2.15. The van der Waals surface area contributed by atoms with E-state index in [0.717, 1.165) is 0 Å². The predicted octanol–water partition coefficient (Wildman–Crippen LogP) is 0.244. The van der Waals surface area contributed by atoms with Crippen LogP contribution in [0.3, 0.4) is 0 Å². The summed E-state index contributed by atoms with van der Waals surface area (Å²) < 4.78 is 0. The third-order valence-electron chi connectivity index (χ3n) is 1.57. The van der Waals surface area contributed by atoms with E-state index in [0.29, 0.717) is 6.54 Å². The average Bonchev–Trinajstić information content (AvgIpc) is 2.18. The fraction of sp³-hybridized carbons (Fsp3) is 0.222. The van der Waals surface area contributed by atoms with Crippen LogP contribution in [0.5, 0.6) is 0 Å². The van der Waals surface area contributed by atoms with E-state index in [-0.39, 0.29) is 11.5 Å². The molecule has 0 unspecified atom stereocenters. The zero-order valence-corrected chi connectivity index (χ0v) is 7.64. The van der Waals surface area contributed by atoms with E-state index in [1.54, 1.807) is 11.9 Å². The van der Waals surface area contributed by atoms with Gasteiger partial charge in [0, 0.05) is 19.4 Å². The van der Waals surface area contributed by atoms with Gasteiger partial charge in [0.15, 0.2) is 11.5 Å². The third-order valence-corrected chi connectivity index (χ3v) is 1.57. The number of nitrogens with zero attached hydrogens (tertiary/aromatic N) is 3. The van der Waals surface area contributed by atoms with Gasteiger partial charge in [-0.2, -0.15) is 0 Å². The molecule has 0 aliphatic rings. The van der Waals surface area contributed by atoms with Gasteiger partial charge in [0.25, 0.3) is 0 Å². The molecule has 0 aromatic carbocycles. The summed E-state index contributed by atoms with van der Waals surface area (Å²) in [5, 5.41) is 8.80. The highest BCUT2D eigenvalue weighted by molar-refractivity contribution is 5.90. The van der Waals surface area contributed by atoms with Crippen LogP contribution >= 0.6 is 0 Å². The molecular weight excluding hydrogens is 182 g/mol. The van der Waals surface area contributed by atoms with Gasteiger partial charge in [-0.05, 0) is 0 Å². The highest BCUT2D eigenvalue weighted by Gasteiger charge is 2.15. The van der Waals surface area contributed by atoms with Crippen molar-refractivity contribution in [1.29, 1.82) is 0 Å². The highest BCUT2D eigenvalue weighted by Crippen LogP contribution is 2.12. The van der Waals surface area contributed by atoms with Crippen molar-refractivity contribution in [3.05, 3.63) is 18.1 Å². The van der Waals surface area contributed by atoms with Crippen LogP contribution in [0.4, 0.5) is 5.82 Å². The normalized spacial score (nSPS) is 9.14. The lowest BCUT2D eigenvalue weighted by Crippen LogP contribution is -2.22. The number of anilines is 1. The van der Waals surface area contributed by atoms with Gasteiger partial charge < -0.3 is 10.0 Å². The Bertz CT molecular complexity index is 384. The van der Waals surface area contributed by atoms with E-state index in [9.17, 15) is 4.79 Å². The molecule has 0 amide bonds. The van der Waals surface area contributed by atoms with Crippen molar-refractivity contribution in [2.75, 3.05) is 18.5 Å². The van der Waals surface area contributed by atoms with Crippen LogP contribution < -0.4 is 4.90 Å². The molecule has 1 aromatic rings. The number of hydrogen-bond donors (Lipinski definition) is 1. The van der Waals surface area contributed by atoms with E-state index < -0.39 is 5.97 Å². The molecule has 0 atom stereocenters. The number of aromatic carboxylic acids is 1. The van der Waals surface area contributed by atoms with Crippen LogP contribution in [0.15, 0.2) is 12.4 Å². The Kier molecular flexibility index (Phi) is 3.02. The van der Waals surface area contributed by atoms with Crippen molar-refractivity contribution < 1.29 is 9.90 Å². The van der Waals surface area contributed by atoms with Crippen molar-refractivity contribution >= 4 is 11.8 Å². The second-order valence-electron chi connectivity index (χ2n) is 2.59. The molecule has 1 aromatic heterocycles. The first-order valence-electron chi connectivity index (χ1n) is 3.85. The molecule has 0 spiro atoms. The van der Waals surface area contributed by atoms with Crippen LogP contribution in [0, 0.1) is 12.3 Å². The van der Waals surface area contributed by atoms with E-state index in [2.05, 4.69) is 15.9 Å². The minimum atomic E-state index is -1.11. The number of hydrogen-bond acceptors (Lipinski definition) is 4. The van der Waals surface area contributed by atoms with E-state index >= 15 is 0 Å². The lowest BCUT2D eigenvalue weighted by molar-refractivity contribution is 0.0691. The number of terminal acetylenes is 1. The van der Waals surface area contributed by atoms with E-state index in [1.807, 2.05) is 0 Å². The van der Waals surface area contributed by atoms with Crippen molar-refractivity contribution in [3.8, 4) is 12.3 Å². The Labute approximate surface area is 81.4 Å². The number of carboxylic acid groups (broad SMARTS) is 1. The summed E-state index contributed by atoms with van der Waals surface area (Å²) in [7, 11) is 1.66. The van der Waals surface area contributed by atoms with Gasteiger partial charge in [0.05, 0.1) is 6.54 Å². The fourth-order valence-electron chi connectivity index (χ4n) is 0.973. The van der Waals surface area contributed by atoms with Crippen LogP contribution in [0.2, 0.25) is 0 Å². The summed E-state index contributed by atoms with van der Waals surface area (Å²) in [5.41, 5.74) is -0.0924. The highest BCUT2D eigenvalue weighted by atomic mass is 16.4. The molecule has 0 saturated heterocycles. The van der Waals surface area contributed by atoms with Gasteiger partial charge in [-0.25, -0.2) is 14.8 Å². The van der Waals surface area contributed by atoms with Gasteiger partial charge in [-0.3, -0.25) is 0 Å². The predicted molar refractivity (Wildman–Crippen MR) is 51.1 cm³/mol. The number of carboxylic acids is 1. The molecule has 0 saturated carbocycles. The van der Waals surface area contributed by atoms with Gasteiger partial charge in [0.2, 0.25) is 0 Å². The van der Waals surface area contributed by atoms with Crippen molar-refractivity contribution in [2.24, 2.45) is 0 Å². The van der Waals surface area contributed by atoms with Crippen LogP contribution in [0.1, 0.15) is 10.5 Å². The minimum absolute atomic E-state index is 0.0924. The second-order valence-corrected chi connectivity index (χ2v) is 2.59. The first-order valence-corrected chi connectivity index (χ1v) is 3.85. The molecule has 0 fully saturated rings. The Morgan fingerprint density at radius 1 is 1.64 bits per heavy atom. The van der Waals surface area contributed by atoms with Crippen molar-refractivity contribution in [1.82, 2.24) is 9.97 Å². The van der Waals surface area contributed by atoms with Gasteiger partial charge >= 0.3 is 5.97 Å². The Balaban J connectivity index is 3.08. The summed E-state index contributed by atoms with van der Waals surface area (Å²) in [5.74, 6) is 1.56. The van der Waals surface area contributed by atoms with Crippen molar-refractivity contribution in [2.45, 2.75) is 0 Å². The molecule has 5 heteroatoms. The van der Waals surface area contributed by atoms with Crippen LogP contribution in [-0.2, 0) is 0 Å². The molecular formula is C9H9N3O2. The first kappa shape index (κ1) is 9.99. The zero-order chi connectivity index (χ0) is 10.6. The molecule has 0 aliphatic carbocycles. The summed E-state index contributed by atoms with van der Waals surface area (Å²) >= 11 is 0. The third kappa shape index (κ3) is 1.98. The Hall–Kier alpha value is -2.09. The SMILES string of the molecule is C#CCN(C)c1nccnc1C(=O)O.